The zero-order valence-electron chi connectivity index (χ0n) is 19.4. The van der Waals surface area contributed by atoms with E-state index in [4.69, 9.17) is 0 Å². The Morgan fingerprint density at radius 3 is 2.50 bits per heavy atom. The van der Waals surface area contributed by atoms with Crippen molar-refractivity contribution in [3.05, 3.63) is 70.8 Å². The van der Waals surface area contributed by atoms with E-state index < -0.39 is 0 Å². The fourth-order valence-corrected chi connectivity index (χ4v) is 5.38. The maximum atomic E-state index is 13.1. The van der Waals surface area contributed by atoms with Crippen molar-refractivity contribution in [2.45, 2.75) is 33.2 Å². The molecule has 3 aromatic rings. The van der Waals surface area contributed by atoms with Crippen LogP contribution in [-0.2, 0) is 16.1 Å². The Bertz CT molecular complexity index is 1300. The molecule has 2 aliphatic rings. The van der Waals surface area contributed by atoms with Gasteiger partial charge in [-0.3, -0.25) is 14.4 Å². The van der Waals surface area contributed by atoms with Gasteiger partial charge in [0.25, 0.3) is 11.1 Å². The predicted molar refractivity (Wildman–Crippen MR) is 137 cm³/mol. The number of hydrogen-bond acceptors (Lipinski definition) is 4. The molecule has 0 N–H and O–H groups in total. The predicted octanol–water partition coefficient (Wildman–Crippen LogP) is 5.45. The van der Waals surface area contributed by atoms with E-state index in [1.807, 2.05) is 59.0 Å². The van der Waals surface area contributed by atoms with Crippen molar-refractivity contribution in [2.75, 3.05) is 18.0 Å². The van der Waals surface area contributed by atoms with E-state index in [0.29, 0.717) is 16.5 Å². The summed E-state index contributed by atoms with van der Waals surface area (Å²) in [6, 6.07) is 15.2. The second-order valence-electron chi connectivity index (χ2n) is 9.15. The number of carbonyl (C=O) groups excluding carboxylic acids is 3. The normalized spacial score (nSPS) is 18.5. The minimum absolute atomic E-state index is 0.110. The largest absolute Gasteiger partial charge is 0.341 e. The molecule has 6 nitrogen and oxygen atoms in total. The topological polar surface area (TPSA) is 62.6 Å². The van der Waals surface area contributed by atoms with Crippen LogP contribution >= 0.6 is 11.8 Å². The highest BCUT2D eigenvalue weighted by Gasteiger charge is 2.36. The number of rotatable bonds is 4. The molecular formula is C27H27N3O3S. The first-order valence-electron chi connectivity index (χ1n) is 11.6. The van der Waals surface area contributed by atoms with E-state index in [1.54, 1.807) is 18.2 Å². The highest BCUT2D eigenvalue weighted by atomic mass is 32.2. The number of anilines is 1. The van der Waals surface area contributed by atoms with Gasteiger partial charge in [0.05, 0.1) is 10.6 Å². The first kappa shape index (κ1) is 22.5. The average Bonchev–Trinajstić information content (AvgIpc) is 3.31. The molecule has 2 saturated heterocycles. The summed E-state index contributed by atoms with van der Waals surface area (Å²) >= 11 is 0.944. The lowest BCUT2D eigenvalue weighted by Crippen LogP contribution is -2.39. The molecular weight excluding hydrogens is 446 g/mol. The van der Waals surface area contributed by atoms with Gasteiger partial charge in [-0.25, -0.2) is 4.90 Å². The number of likely N-dealkylation sites (tertiary alicyclic amines) is 1. The Morgan fingerprint density at radius 2 is 1.76 bits per heavy atom. The summed E-state index contributed by atoms with van der Waals surface area (Å²) in [5.74, 6) is 0.450. The average molecular weight is 474 g/mol. The smallest absolute Gasteiger partial charge is 0.298 e. The fraction of sp³-hybridized carbons (Fsp3) is 0.296. The van der Waals surface area contributed by atoms with Crippen LogP contribution in [0.1, 0.15) is 30.9 Å². The lowest BCUT2D eigenvalue weighted by atomic mass is 9.99. The van der Waals surface area contributed by atoms with Crippen LogP contribution in [0.15, 0.2) is 59.6 Å². The summed E-state index contributed by atoms with van der Waals surface area (Å²) in [5.41, 5.74) is 3.39. The molecule has 3 amide bonds. The van der Waals surface area contributed by atoms with Crippen molar-refractivity contribution in [2.24, 2.45) is 5.92 Å². The van der Waals surface area contributed by atoms with Crippen molar-refractivity contribution in [1.29, 1.82) is 0 Å². The van der Waals surface area contributed by atoms with E-state index in [9.17, 15) is 14.4 Å². The van der Waals surface area contributed by atoms with E-state index in [-0.39, 0.29) is 23.6 Å². The quantitative estimate of drug-likeness (QED) is 0.473. The number of fused-ring (bicyclic) bond motifs is 1. The van der Waals surface area contributed by atoms with Gasteiger partial charge < -0.3 is 9.47 Å². The number of aromatic nitrogens is 1. The van der Waals surface area contributed by atoms with Gasteiger partial charge in [0.15, 0.2) is 0 Å². The van der Waals surface area contributed by atoms with E-state index in [2.05, 4.69) is 6.92 Å². The first-order valence-corrected chi connectivity index (χ1v) is 12.4. The SMILES string of the molecule is Cc1ccc(N2C(=O)S/C(=C\c3cn(CC(=O)N4CCC(C)CC4)c4ccccc34)C2=O)cc1. The Hall–Kier alpha value is -3.32. The molecule has 174 valence electrons. The van der Waals surface area contributed by atoms with Gasteiger partial charge >= 0.3 is 0 Å². The van der Waals surface area contributed by atoms with E-state index in [1.165, 1.54) is 4.90 Å². The monoisotopic (exact) mass is 473 g/mol. The number of imide groups is 1. The minimum Gasteiger partial charge on any atom is -0.341 e. The first-order chi connectivity index (χ1) is 16.4. The molecule has 34 heavy (non-hydrogen) atoms. The van der Waals surface area contributed by atoms with Crippen LogP contribution in [0.3, 0.4) is 0 Å². The Kier molecular flexibility index (Phi) is 6.04. The number of amides is 3. The fourth-order valence-electron chi connectivity index (χ4n) is 4.55. The number of hydrogen-bond donors (Lipinski definition) is 0. The highest BCUT2D eigenvalue weighted by Crippen LogP contribution is 2.37. The molecule has 3 heterocycles. The maximum Gasteiger partial charge on any atom is 0.298 e. The van der Waals surface area contributed by atoms with Crippen molar-refractivity contribution < 1.29 is 14.4 Å². The number of thioether (sulfide) groups is 1. The van der Waals surface area contributed by atoms with Gasteiger partial charge in [0, 0.05) is 35.8 Å². The summed E-state index contributed by atoms with van der Waals surface area (Å²) in [5, 5.41) is 0.642. The van der Waals surface area contributed by atoms with Crippen molar-refractivity contribution >= 4 is 51.5 Å². The molecule has 2 aliphatic heterocycles. The molecule has 5 rings (SSSR count). The molecule has 0 unspecified atom stereocenters. The zero-order chi connectivity index (χ0) is 23.8. The van der Waals surface area contributed by atoms with Gasteiger partial charge in [0.2, 0.25) is 5.91 Å². The number of piperidine rings is 1. The highest BCUT2D eigenvalue weighted by molar-refractivity contribution is 8.19. The van der Waals surface area contributed by atoms with Gasteiger partial charge in [0.1, 0.15) is 6.54 Å². The molecule has 2 fully saturated rings. The van der Waals surface area contributed by atoms with Crippen LogP contribution in [0, 0.1) is 12.8 Å². The third-order valence-electron chi connectivity index (χ3n) is 6.63. The van der Waals surface area contributed by atoms with Gasteiger partial charge in [-0.15, -0.1) is 0 Å². The minimum atomic E-state index is -0.325. The molecule has 0 atom stereocenters. The summed E-state index contributed by atoms with van der Waals surface area (Å²) in [7, 11) is 0. The zero-order valence-corrected chi connectivity index (χ0v) is 20.2. The summed E-state index contributed by atoms with van der Waals surface area (Å²) in [4.78, 5) is 42.3. The van der Waals surface area contributed by atoms with Gasteiger partial charge in [-0.1, -0.05) is 42.8 Å². The maximum absolute atomic E-state index is 13.1. The molecule has 0 radical (unpaired) electrons. The van der Waals surface area contributed by atoms with Crippen molar-refractivity contribution in [3.8, 4) is 0 Å². The third kappa shape index (κ3) is 4.28. The van der Waals surface area contributed by atoms with Gasteiger partial charge in [-0.2, -0.15) is 0 Å². The summed E-state index contributed by atoms with van der Waals surface area (Å²) < 4.78 is 1.95. The molecule has 7 heteroatoms. The molecule has 2 aromatic carbocycles. The van der Waals surface area contributed by atoms with Crippen molar-refractivity contribution in [1.82, 2.24) is 9.47 Å². The van der Waals surface area contributed by atoms with Crippen LogP contribution in [0.25, 0.3) is 17.0 Å². The van der Waals surface area contributed by atoms with Gasteiger partial charge in [-0.05, 0) is 61.7 Å². The Morgan fingerprint density at radius 1 is 1.06 bits per heavy atom. The van der Waals surface area contributed by atoms with E-state index >= 15 is 0 Å². The van der Waals surface area contributed by atoms with Crippen LogP contribution in [0.2, 0.25) is 0 Å². The summed E-state index contributed by atoms with van der Waals surface area (Å²) in [6.07, 6.45) is 5.76. The molecule has 0 spiro atoms. The van der Waals surface area contributed by atoms with Crippen LogP contribution < -0.4 is 4.90 Å². The lowest BCUT2D eigenvalue weighted by Gasteiger charge is -2.30. The van der Waals surface area contributed by atoms with Crippen molar-refractivity contribution in [3.63, 3.8) is 0 Å². The molecule has 0 bridgehead atoms. The number of benzene rings is 2. The lowest BCUT2D eigenvalue weighted by molar-refractivity contribution is -0.133. The Labute approximate surface area is 203 Å². The van der Waals surface area contributed by atoms with E-state index in [0.717, 1.165) is 59.7 Å². The third-order valence-corrected chi connectivity index (χ3v) is 7.50. The van der Waals surface area contributed by atoms with Crippen LogP contribution in [0.5, 0.6) is 0 Å². The standard InChI is InChI=1S/C27H27N3O3S/c1-18-7-9-21(10-8-18)30-26(32)24(34-27(30)33)15-20-16-29(23-6-4-3-5-22(20)23)17-25(31)28-13-11-19(2)12-14-28/h3-10,15-16,19H,11-14,17H2,1-2H3/b24-15-. The number of carbonyl (C=O) groups is 3. The van der Waals surface area contributed by atoms with Crippen LogP contribution in [-0.4, -0.2) is 39.6 Å². The second-order valence-corrected chi connectivity index (χ2v) is 10.1. The summed E-state index contributed by atoms with van der Waals surface area (Å²) in [6.45, 7) is 6.06. The molecule has 0 saturated carbocycles. The number of para-hydroxylation sites is 1. The molecule has 1 aromatic heterocycles. The second kappa shape index (κ2) is 9.14. The van der Waals surface area contributed by atoms with Crippen LogP contribution in [0.4, 0.5) is 10.5 Å². The number of nitrogens with zero attached hydrogens (tertiary/aromatic N) is 3. The Balaban J connectivity index is 1.43. The number of aryl methyl sites for hydroxylation is 1. The molecule has 0 aliphatic carbocycles.